The van der Waals surface area contributed by atoms with Crippen molar-refractivity contribution >= 4 is 5.91 Å². The van der Waals surface area contributed by atoms with Gasteiger partial charge in [-0.1, -0.05) is 54.6 Å². The van der Waals surface area contributed by atoms with Crippen LogP contribution in [-0.4, -0.2) is 65.5 Å². The topological polar surface area (TPSA) is 36.0 Å². The highest BCUT2D eigenvalue weighted by molar-refractivity contribution is 5.94. The number of ether oxygens (including phenoxy) is 1. The molecule has 0 aromatic heterocycles. The van der Waals surface area contributed by atoms with Crippen LogP contribution in [0.1, 0.15) is 73.1 Å². The van der Waals surface area contributed by atoms with Crippen LogP contribution in [0.25, 0.3) is 0 Å². The lowest BCUT2D eigenvalue weighted by Crippen LogP contribution is -2.73. The molecule has 0 saturated carbocycles. The van der Waals surface area contributed by atoms with Gasteiger partial charge in [-0.2, -0.15) is 0 Å². The molecule has 3 aromatic carbocycles. The minimum atomic E-state index is 0.0973. The second kappa shape index (κ2) is 11.9. The molecule has 0 aliphatic carbocycles. The molecule has 2 aliphatic heterocycles. The van der Waals surface area contributed by atoms with E-state index in [1.165, 1.54) is 36.0 Å². The lowest BCUT2D eigenvalue weighted by molar-refractivity contribution is -0.114. The Bertz CT molecular complexity index is 1230. The normalized spacial score (nSPS) is 19.8. The van der Waals surface area contributed by atoms with Crippen LogP contribution in [0.15, 0.2) is 78.9 Å². The Morgan fingerprint density at radius 1 is 0.974 bits per heavy atom. The number of likely N-dealkylation sites (tertiary alicyclic amines) is 2. The van der Waals surface area contributed by atoms with E-state index in [9.17, 15) is 4.79 Å². The van der Waals surface area contributed by atoms with E-state index in [1.807, 2.05) is 36.9 Å². The number of nitrogens with zero attached hydrogens (tertiary/aromatic N) is 3. The minimum Gasteiger partial charge on any atom is -0.497 e. The molecule has 5 heteroatoms. The Labute approximate surface area is 234 Å². The first-order valence-corrected chi connectivity index (χ1v) is 14.6. The van der Waals surface area contributed by atoms with Crippen LogP contribution < -0.4 is 4.74 Å². The largest absolute Gasteiger partial charge is 0.497 e. The zero-order valence-corrected chi connectivity index (χ0v) is 24.0. The molecule has 0 bridgehead atoms. The smallest absolute Gasteiger partial charge is 0.253 e. The van der Waals surface area contributed by atoms with Gasteiger partial charge in [0.1, 0.15) is 5.75 Å². The number of rotatable bonds is 9. The molecule has 2 saturated heterocycles. The SMILES string of the molecule is CCN(CC)C(=O)c1ccc(C(c2cccc(OC)c2)N2CC3(CCCC(C)N3Cc3ccccc3)C2)cc1. The first-order valence-electron chi connectivity index (χ1n) is 14.6. The highest BCUT2D eigenvalue weighted by Gasteiger charge is 2.52. The van der Waals surface area contributed by atoms with Gasteiger partial charge >= 0.3 is 0 Å². The van der Waals surface area contributed by atoms with Crippen molar-refractivity contribution in [1.29, 1.82) is 0 Å². The molecule has 5 nitrogen and oxygen atoms in total. The molecule has 1 amide bonds. The monoisotopic (exact) mass is 525 g/mol. The second-order valence-electron chi connectivity index (χ2n) is 11.3. The first kappa shape index (κ1) is 27.4. The number of carbonyl (C=O) groups is 1. The highest BCUT2D eigenvalue weighted by atomic mass is 16.5. The maximum Gasteiger partial charge on any atom is 0.253 e. The molecule has 206 valence electrons. The van der Waals surface area contributed by atoms with Crippen molar-refractivity contribution in [3.05, 3.63) is 101 Å². The van der Waals surface area contributed by atoms with E-state index in [0.717, 1.165) is 44.0 Å². The summed E-state index contributed by atoms with van der Waals surface area (Å²) in [4.78, 5) is 20.2. The Balaban J connectivity index is 1.43. The minimum absolute atomic E-state index is 0.0973. The lowest BCUT2D eigenvalue weighted by Gasteiger charge is -2.62. The third-order valence-electron chi connectivity index (χ3n) is 8.89. The van der Waals surface area contributed by atoms with E-state index in [4.69, 9.17) is 4.74 Å². The number of amides is 1. The zero-order chi connectivity index (χ0) is 27.4. The van der Waals surface area contributed by atoms with Gasteiger partial charge in [-0.3, -0.25) is 14.6 Å². The standard InChI is InChI=1S/C34H43N3O2/c1-5-35(6-2)33(38)29-19-17-28(18-20-29)32(30-15-10-16-31(22-30)39-4)36-24-34(25-36)21-11-12-26(3)37(34)23-27-13-8-7-9-14-27/h7-10,13-20,22,26,32H,5-6,11-12,21,23-25H2,1-4H3. The number of benzene rings is 3. The van der Waals surface area contributed by atoms with E-state index in [1.54, 1.807) is 7.11 Å². The third kappa shape index (κ3) is 5.61. The summed E-state index contributed by atoms with van der Waals surface area (Å²) < 4.78 is 5.60. The Morgan fingerprint density at radius 3 is 2.36 bits per heavy atom. The first-order chi connectivity index (χ1) is 19.0. The number of carbonyl (C=O) groups excluding carboxylic acids is 1. The van der Waals surface area contributed by atoms with E-state index >= 15 is 0 Å². The molecule has 39 heavy (non-hydrogen) atoms. The summed E-state index contributed by atoms with van der Waals surface area (Å²) in [5, 5.41) is 0. The molecule has 2 aliphatic rings. The molecule has 1 spiro atoms. The van der Waals surface area contributed by atoms with Crippen LogP contribution in [-0.2, 0) is 6.54 Å². The fraction of sp³-hybridized carbons (Fsp3) is 0.441. The van der Waals surface area contributed by atoms with Gasteiger partial charge in [0.15, 0.2) is 0 Å². The molecule has 3 aromatic rings. The van der Waals surface area contributed by atoms with Crippen LogP contribution in [0, 0.1) is 0 Å². The van der Waals surface area contributed by atoms with E-state index in [-0.39, 0.29) is 17.5 Å². The maximum absolute atomic E-state index is 13.0. The Hall–Kier alpha value is -3.15. The van der Waals surface area contributed by atoms with Crippen molar-refractivity contribution in [3.63, 3.8) is 0 Å². The number of hydrogen-bond donors (Lipinski definition) is 0. The predicted octanol–water partition coefficient (Wildman–Crippen LogP) is 6.40. The summed E-state index contributed by atoms with van der Waals surface area (Å²) in [6, 6.07) is 28.4. The van der Waals surface area contributed by atoms with E-state index < -0.39 is 0 Å². The molecular weight excluding hydrogens is 482 g/mol. The van der Waals surface area contributed by atoms with Crippen molar-refractivity contribution in [2.24, 2.45) is 0 Å². The van der Waals surface area contributed by atoms with Crippen LogP contribution in [0.3, 0.4) is 0 Å². The van der Waals surface area contributed by atoms with Gasteiger partial charge < -0.3 is 9.64 Å². The lowest BCUT2D eigenvalue weighted by atomic mass is 9.75. The average Bonchev–Trinajstić information content (AvgIpc) is 2.95. The van der Waals surface area contributed by atoms with Crippen LogP contribution in [0.5, 0.6) is 5.75 Å². The maximum atomic E-state index is 13.0. The van der Waals surface area contributed by atoms with E-state index in [0.29, 0.717) is 6.04 Å². The van der Waals surface area contributed by atoms with Crippen LogP contribution in [0.4, 0.5) is 0 Å². The van der Waals surface area contributed by atoms with Crippen molar-refractivity contribution in [1.82, 2.24) is 14.7 Å². The molecule has 2 unspecified atom stereocenters. The fourth-order valence-electron chi connectivity index (χ4n) is 6.76. The average molecular weight is 526 g/mol. The van der Waals surface area contributed by atoms with Gasteiger partial charge in [0.2, 0.25) is 0 Å². The van der Waals surface area contributed by atoms with Gasteiger partial charge in [0, 0.05) is 49.9 Å². The third-order valence-corrected chi connectivity index (χ3v) is 8.89. The van der Waals surface area contributed by atoms with Gasteiger partial charge in [-0.15, -0.1) is 0 Å². The Kier molecular flexibility index (Phi) is 8.39. The van der Waals surface area contributed by atoms with Crippen molar-refractivity contribution in [2.75, 3.05) is 33.3 Å². The zero-order valence-electron chi connectivity index (χ0n) is 24.0. The summed E-state index contributed by atoms with van der Waals surface area (Å²) in [6.45, 7) is 11.0. The summed E-state index contributed by atoms with van der Waals surface area (Å²) >= 11 is 0. The van der Waals surface area contributed by atoms with Crippen LogP contribution in [0.2, 0.25) is 0 Å². The molecular formula is C34H43N3O2. The Morgan fingerprint density at radius 2 is 1.69 bits per heavy atom. The fourth-order valence-corrected chi connectivity index (χ4v) is 6.76. The van der Waals surface area contributed by atoms with Crippen LogP contribution >= 0.6 is 0 Å². The molecule has 2 atom stereocenters. The molecule has 5 rings (SSSR count). The molecule has 2 fully saturated rings. The number of methoxy groups -OCH3 is 1. The van der Waals surface area contributed by atoms with E-state index in [2.05, 4.69) is 77.4 Å². The molecule has 0 N–H and O–H groups in total. The van der Waals surface area contributed by atoms with Gasteiger partial charge in [0.25, 0.3) is 5.91 Å². The summed E-state index contributed by atoms with van der Waals surface area (Å²) in [5.74, 6) is 0.971. The van der Waals surface area contributed by atoms with Crippen molar-refractivity contribution < 1.29 is 9.53 Å². The quantitative estimate of drug-likeness (QED) is 0.324. The van der Waals surface area contributed by atoms with Crippen molar-refractivity contribution in [3.8, 4) is 5.75 Å². The van der Waals surface area contributed by atoms with Gasteiger partial charge in [-0.25, -0.2) is 0 Å². The summed E-state index contributed by atoms with van der Waals surface area (Å²) in [7, 11) is 1.73. The van der Waals surface area contributed by atoms with Gasteiger partial charge in [0.05, 0.1) is 13.2 Å². The molecule has 0 radical (unpaired) electrons. The predicted molar refractivity (Wildman–Crippen MR) is 158 cm³/mol. The summed E-state index contributed by atoms with van der Waals surface area (Å²) in [5.41, 5.74) is 4.78. The number of hydrogen-bond acceptors (Lipinski definition) is 4. The second-order valence-corrected chi connectivity index (χ2v) is 11.3. The number of piperidine rings is 1. The highest BCUT2D eigenvalue weighted by Crippen LogP contribution is 2.45. The van der Waals surface area contributed by atoms with Gasteiger partial charge in [-0.05, 0) is 81.0 Å². The summed E-state index contributed by atoms with van der Waals surface area (Å²) in [6.07, 6.45) is 3.78. The molecule has 2 heterocycles. The van der Waals surface area contributed by atoms with Crippen molar-refractivity contribution in [2.45, 2.75) is 64.2 Å².